The Morgan fingerprint density at radius 2 is 0.818 bits per heavy atom. The van der Waals surface area contributed by atoms with Gasteiger partial charge in [0.2, 0.25) is 0 Å². The number of hydrogen-bond donors (Lipinski definition) is 0. The van der Waals surface area contributed by atoms with Gasteiger partial charge in [0.15, 0.2) is 0 Å². The van der Waals surface area contributed by atoms with E-state index in [2.05, 4.69) is 93.4 Å². The molecule has 0 aromatic heterocycles. The molecular weight excluding hydrogens is 501 g/mol. The van der Waals surface area contributed by atoms with Crippen molar-refractivity contribution in [3.63, 3.8) is 0 Å². The third-order valence-electron chi connectivity index (χ3n) is 5.38. The quantitative estimate of drug-likeness (QED) is 0.109. The second kappa shape index (κ2) is 34.0. The predicted octanol–water partition coefficient (Wildman–Crippen LogP) is 8.08. The van der Waals surface area contributed by atoms with E-state index < -0.39 is 0 Å². The summed E-state index contributed by atoms with van der Waals surface area (Å²) in [6, 6.07) is 0.907. The van der Waals surface area contributed by atoms with Crippen molar-refractivity contribution < 1.29 is 29.1 Å². The van der Waals surface area contributed by atoms with Gasteiger partial charge in [-0.2, -0.15) is 13.1 Å². The summed E-state index contributed by atoms with van der Waals surface area (Å²) in [6.45, 7) is 30.4. The van der Waals surface area contributed by atoms with Crippen molar-refractivity contribution in [3.05, 3.63) is 21.3 Å². The Morgan fingerprint density at radius 1 is 0.545 bits per heavy atom. The van der Waals surface area contributed by atoms with Gasteiger partial charge in [-0.15, -0.1) is 12.1 Å². The van der Waals surface area contributed by atoms with Gasteiger partial charge in [-0.25, -0.2) is 12.3 Å². The predicted molar refractivity (Wildman–Crippen MR) is 143 cm³/mol. The summed E-state index contributed by atoms with van der Waals surface area (Å²) in [5.74, 6) is 1.19. The molecule has 33 heavy (non-hydrogen) atoms. The van der Waals surface area contributed by atoms with E-state index in [1.807, 2.05) is 0 Å². The first-order valence-corrected chi connectivity index (χ1v) is 12.5. The normalized spacial score (nSPS) is 15.3. The Bertz CT molecular complexity index is 322. The minimum absolute atomic E-state index is 0. The van der Waals surface area contributed by atoms with Crippen LogP contribution < -0.4 is 0 Å². The van der Waals surface area contributed by atoms with Crippen molar-refractivity contribution >= 4 is 13.6 Å². The first kappa shape index (κ1) is 42.9. The molecular formula is C26H54N4O2Ru. The summed E-state index contributed by atoms with van der Waals surface area (Å²) in [5.41, 5.74) is 0. The first-order chi connectivity index (χ1) is 15.3. The molecule has 7 heteroatoms. The van der Waals surface area contributed by atoms with Gasteiger partial charge in [0.1, 0.15) is 0 Å². The van der Waals surface area contributed by atoms with Crippen LogP contribution in [-0.2, 0) is 29.1 Å². The molecule has 0 aliphatic rings. The summed E-state index contributed by atoms with van der Waals surface area (Å²) < 4.78 is 0. The van der Waals surface area contributed by atoms with E-state index in [-0.39, 0.29) is 31.8 Å². The van der Waals surface area contributed by atoms with Crippen LogP contribution in [0.1, 0.15) is 108 Å². The molecule has 0 saturated carbocycles. The van der Waals surface area contributed by atoms with E-state index in [9.17, 15) is 0 Å². The fourth-order valence-corrected chi connectivity index (χ4v) is 2.42. The van der Waals surface area contributed by atoms with Crippen molar-refractivity contribution in [2.24, 2.45) is 11.8 Å². The standard InChI is InChI=1S/2C12H26N2.2CHO.Ru/c2*1-6-9-13-12(10(4)7-2)14-11(5)8-3;2*1-2;/h2*10-12H,6-9H2,1-5H3;2*1H;/q2*-2;2*-1;+6. The van der Waals surface area contributed by atoms with Crippen LogP contribution in [0.2, 0.25) is 0 Å². The maximum Gasteiger partial charge on any atom is 6.00 e. The number of hydrogen-bond acceptors (Lipinski definition) is 2. The van der Waals surface area contributed by atoms with Gasteiger partial charge in [0.05, 0.1) is 0 Å². The zero-order valence-electron chi connectivity index (χ0n) is 23.2. The van der Waals surface area contributed by atoms with Gasteiger partial charge in [-0.05, 0) is 0 Å². The van der Waals surface area contributed by atoms with E-state index in [0.29, 0.717) is 23.9 Å². The molecule has 6 atom stereocenters. The molecule has 0 heterocycles. The molecule has 0 bridgehead atoms. The molecule has 0 fully saturated rings. The smallest absolute Gasteiger partial charge is 0.678 e. The van der Waals surface area contributed by atoms with Gasteiger partial charge in [0.25, 0.3) is 0 Å². The molecule has 0 N–H and O–H groups in total. The van der Waals surface area contributed by atoms with Gasteiger partial charge in [-0.1, -0.05) is 120 Å². The third-order valence-corrected chi connectivity index (χ3v) is 5.38. The largest absolute Gasteiger partial charge is 6.00 e. The van der Waals surface area contributed by atoms with Crippen LogP contribution in [0.4, 0.5) is 0 Å². The summed E-state index contributed by atoms with van der Waals surface area (Å²) in [7, 11) is 0. The van der Waals surface area contributed by atoms with Crippen LogP contribution in [0.25, 0.3) is 21.3 Å². The maximum absolute atomic E-state index is 7.75. The summed E-state index contributed by atoms with van der Waals surface area (Å²) in [5, 5.41) is 18.7. The summed E-state index contributed by atoms with van der Waals surface area (Å²) >= 11 is 0. The Labute approximate surface area is 220 Å². The molecule has 0 aliphatic heterocycles. The molecule has 0 aromatic rings. The Balaban J connectivity index is -0.000000134. The molecule has 0 spiro atoms. The average Bonchev–Trinajstić information content (AvgIpc) is 2.85. The second-order valence-corrected chi connectivity index (χ2v) is 8.22. The maximum atomic E-state index is 7.75. The molecule has 0 aromatic carbocycles. The van der Waals surface area contributed by atoms with E-state index in [0.717, 1.165) is 51.6 Å². The Morgan fingerprint density at radius 3 is 1.00 bits per heavy atom. The Kier molecular flexibility index (Phi) is 44.2. The van der Waals surface area contributed by atoms with Crippen molar-refractivity contribution in [2.75, 3.05) is 13.1 Å². The van der Waals surface area contributed by atoms with Gasteiger partial charge in [-0.3, -0.25) is 13.6 Å². The van der Waals surface area contributed by atoms with Crippen LogP contribution in [0.3, 0.4) is 0 Å². The minimum atomic E-state index is 0. The van der Waals surface area contributed by atoms with E-state index in [1.54, 1.807) is 0 Å². The molecule has 198 valence electrons. The van der Waals surface area contributed by atoms with E-state index >= 15 is 0 Å². The molecule has 0 amide bonds. The van der Waals surface area contributed by atoms with Crippen LogP contribution >= 0.6 is 0 Å². The fourth-order valence-electron chi connectivity index (χ4n) is 2.42. The van der Waals surface area contributed by atoms with Crippen LogP contribution in [0.15, 0.2) is 0 Å². The zero-order chi connectivity index (χ0) is 25.9. The van der Waals surface area contributed by atoms with Crippen LogP contribution in [0, 0.1) is 11.8 Å². The van der Waals surface area contributed by atoms with E-state index in [1.165, 1.54) is 0 Å². The van der Waals surface area contributed by atoms with Crippen molar-refractivity contribution in [3.8, 4) is 0 Å². The molecule has 0 saturated heterocycles. The third kappa shape index (κ3) is 27.9. The average molecular weight is 556 g/mol. The fraction of sp³-hybridized carbons (Fsp3) is 0.923. The summed E-state index contributed by atoms with van der Waals surface area (Å²) in [4.78, 5) is 15.5. The van der Waals surface area contributed by atoms with Gasteiger partial charge >= 0.3 is 19.5 Å². The van der Waals surface area contributed by atoms with Gasteiger partial charge in [0, 0.05) is 0 Å². The zero-order valence-corrected chi connectivity index (χ0v) is 25.0. The number of rotatable bonds is 16. The second-order valence-electron chi connectivity index (χ2n) is 8.22. The molecule has 6 unspecified atom stereocenters. The molecule has 0 radical (unpaired) electrons. The Hall–Kier alpha value is -0.197. The minimum Gasteiger partial charge on any atom is -0.678 e. The summed E-state index contributed by atoms with van der Waals surface area (Å²) in [6.07, 6.45) is 7.29. The molecule has 6 nitrogen and oxygen atoms in total. The first-order valence-electron chi connectivity index (χ1n) is 12.5. The molecule has 0 rings (SSSR count). The SMILES string of the molecule is CCC[N-]C([N-]C(C)CC)C(C)CC.CCC[N-]C([N-]C(C)CC)C(C)CC.[CH-]=O.[CH-]=O.[Ru+6]. The van der Waals surface area contributed by atoms with Crippen molar-refractivity contribution in [2.45, 2.75) is 132 Å². The van der Waals surface area contributed by atoms with Crippen molar-refractivity contribution in [1.29, 1.82) is 0 Å². The van der Waals surface area contributed by atoms with Crippen LogP contribution in [0.5, 0.6) is 0 Å². The number of carbonyl (C=O) groups excluding carboxylic acids is 2. The van der Waals surface area contributed by atoms with Crippen LogP contribution in [-0.4, -0.2) is 51.1 Å². The monoisotopic (exact) mass is 556 g/mol. The van der Waals surface area contributed by atoms with Crippen molar-refractivity contribution in [1.82, 2.24) is 0 Å². The molecule has 0 aliphatic carbocycles. The number of nitrogens with zero attached hydrogens (tertiary/aromatic N) is 4. The topological polar surface area (TPSA) is 90.5 Å². The van der Waals surface area contributed by atoms with E-state index in [4.69, 9.17) is 20.2 Å². The van der Waals surface area contributed by atoms with Gasteiger partial charge < -0.3 is 30.9 Å².